The predicted molar refractivity (Wildman–Crippen MR) is 137 cm³/mol. The Morgan fingerprint density at radius 3 is 2.51 bits per heavy atom. The lowest BCUT2D eigenvalue weighted by Gasteiger charge is -2.13. The summed E-state index contributed by atoms with van der Waals surface area (Å²) in [5, 5.41) is 1.18. The summed E-state index contributed by atoms with van der Waals surface area (Å²) in [5.74, 6) is -0.0148. The highest BCUT2D eigenvalue weighted by Crippen LogP contribution is 2.34. The molecule has 35 heavy (non-hydrogen) atoms. The van der Waals surface area contributed by atoms with Crippen molar-refractivity contribution >= 4 is 51.5 Å². The maximum Gasteiger partial charge on any atom is 0.293 e. The third-order valence-corrected chi connectivity index (χ3v) is 6.83. The van der Waals surface area contributed by atoms with Gasteiger partial charge in [0.25, 0.3) is 11.1 Å². The summed E-state index contributed by atoms with van der Waals surface area (Å²) >= 11 is 6.78. The minimum absolute atomic E-state index is 0.139. The molecule has 0 atom stereocenters. The van der Waals surface area contributed by atoms with Gasteiger partial charge in [0.2, 0.25) is 0 Å². The van der Waals surface area contributed by atoms with Crippen LogP contribution in [-0.2, 0) is 11.3 Å². The lowest BCUT2D eigenvalue weighted by atomic mass is 10.1. The zero-order valence-corrected chi connectivity index (χ0v) is 20.1. The first-order valence-corrected chi connectivity index (χ1v) is 12.1. The molecular weight excluding hydrogens is 487 g/mol. The third-order valence-electron chi connectivity index (χ3n) is 5.68. The van der Waals surface area contributed by atoms with Gasteiger partial charge in [-0.25, -0.2) is 4.39 Å². The lowest BCUT2D eigenvalue weighted by molar-refractivity contribution is -0.123. The molecule has 4 aromatic rings. The average molecular weight is 507 g/mol. The smallest absolute Gasteiger partial charge is 0.293 e. The molecule has 1 aliphatic rings. The van der Waals surface area contributed by atoms with Crippen LogP contribution in [0.5, 0.6) is 5.75 Å². The number of aromatic nitrogens is 1. The lowest BCUT2D eigenvalue weighted by Crippen LogP contribution is -2.32. The molecule has 1 aliphatic heterocycles. The summed E-state index contributed by atoms with van der Waals surface area (Å²) in [4.78, 5) is 27.0. The van der Waals surface area contributed by atoms with Gasteiger partial charge in [-0.1, -0.05) is 48.0 Å². The van der Waals surface area contributed by atoms with Crippen LogP contribution < -0.4 is 4.74 Å². The number of thioether (sulfide) groups is 1. The van der Waals surface area contributed by atoms with Crippen molar-refractivity contribution in [2.75, 3.05) is 13.2 Å². The van der Waals surface area contributed by atoms with Gasteiger partial charge >= 0.3 is 0 Å². The van der Waals surface area contributed by atoms with E-state index in [1.54, 1.807) is 48.5 Å². The van der Waals surface area contributed by atoms with Crippen LogP contribution in [-0.4, -0.2) is 33.8 Å². The molecule has 1 aromatic heterocycles. The second-order valence-corrected chi connectivity index (χ2v) is 9.39. The zero-order chi connectivity index (χ0) is 24.4. The Balaban J connectivity index is 1.35. The van der Waals surface area contributed by atoms with Crippen molar-refractivity contribution in [3.63, 3.8) is 0 Å². The number of rotatable bonds is 7. The fourth-order valence-corrected chi connectivity index (χ4v) is 4.93. The number of nitrogens with zero attached hydrogens (tertiary/aromatic N) is 2. The number of carbonyl (C=O) groups excluding carboxylic acids is 2. The van der Waals surface area contributed by atoms with Crippen LogP contribution in [0.3, 0.4) is 0 Å². The van der Waals surface area contributed by atoms with Crippen LogP contribution in [0.2, 0.25) is 5.02 Å². The predicted octanol–water partition coefficient (Wildman–Crippen LogP) is 6.60. The summed E-state index contributed by atoms with van der Waals surface area (Å²) in [5.41, 5.74) is 2.28. The Morgan fingerprint density at radius 1 is 0.971 bits per heavy atom. The van der Waals surface area contributed by atoms with Crippen molar-refractivity contribution in [2.45, 2.75) is 6.54 Å². The Morgan fingerprint density at radius 2 is 1.71 bits per heavy atom. The molecule has 0 unspecified atom stereocenters. The van der Waals surface area contributed by atoms with E-state index < -0.39 is 0 Å². The van der Waals surface area contributed by atoms with Gasteiger partial charge in [-0.3, -0.25) is 14.5 Å². The van der Waals surface area contributed by atoms with Crippen LogP contribution in [0, 0.1) is 5.82 Å². The Hall–Kier alpha value is -3.55. The molecule has 3 aromatic carbocycles. The molecule has 0 bridgehead atoms. The van der Waals surface area contributed by atoms with Crippen LogP contribution in [0.1, 0.15) is 11.1 Å². The van der Waals surface area contributed by atoms with Crippen molar-refractivity contribution in [1.82, 2.24) is 9.47 Å². The molecule has 5 rings (SSSR count). The van der Waals surface area contributed by atoms with Gasteiger partial charge in [0.1, 0.15) is 18.2 Å². The van der Waals surface area contributed by atoms with E-state index in [9.17, 15) is 14.0 Å². The van der Waals surface area contributed by atoms with Crippen LogP contribution in [0.4, 0.5) is 9.18 Å². The number of hydrogen-bond donors (Lipinski definition) is 0. The maximum absolute atomic E-state index is 14.2. The fourth-order valence-electron chi connectivity index (χ4n) is 3.95. The molecule has 0 aliphatic carbocycles. The zero-order valence-electron chi connectivity index (χ0n) is 18.5. The number of hydrogen-bond acceptors (Lipinski definition) is 4. The van der Waals surface area contributed by atoms with Gasteiger partial charge in [-0.05, 0) is 54.2 Å². The first-order valence-electron chi connectivity index (χ1n) is 10.9. The molecule has 0 radical (unpaired) electrons. The molecule has 1 saturated heterocycles. The summed E-state index contributed by atoms with van der Waals surface area (Å²) < 4.78 is 21.8. The number of fused-ring (bicyclic) bond motifs is 1. The molecule has 1 fully saturated rings. The van der Waals surface area contributed by atoms with Gasteiger partial charge in [-0.2, -0.15) is 0 Å². The number of imide groups is 1. The van der Waals surface area contributed by atoms with E-state index in [-0.39, 0.29) is 30.1 Å². The van der Waals surface area contributed by atoms with Crippen LogP contribution in [0.25, 0.3) is 17.0 Å². The molecule has 0 spiro atoms. The minimum atomic E-state index is -0.356. The van der Waals surface area contributed by atoms with Gasteiger partial charge in [0.05, 0.1) is 18.0 Å². The van der Waals surface area contributed by atoms with E-state index >= 15 is 0 Å². The Bertz CT molecular complexity index is 1450. The standard InChI is InChI=1S/C27H20ClFN2O3S/c28-20-9-11-21(12-10-20)34-14-13-31-26(32)25(35-27(31)33)15-19-17-30(24-8-4-2-6-22(19)24)16-18-5-1-3-7-23(18)29/h1-12,15,17H,13-14,16H2/b25-15-. The number of carbonyl (C=O) groups is 2. The number of benzene rings is 3. The monoisotopic (exact) mass is 506 g/mol. The molecular formula is C27H20ClFN2O3S. The SMILES string of the molecule is O=C1S/C(=C\c2cn(Cc3ccccc3F)c3ccccc23)C(=O)N1CCOc1ccc(Cl)cc1. The summed E-state index contributed by atoms with van der Waals surface area (Å²) in [6.07, 6.45) is 3.61. The summed E-state index contributed by atoms with van der Waals surface area (Å²) in [6, 6.07) is 21.3. The highest BCUT2D eigenvalue weighted by Gasteiger charge is 2.35. The molecule has 5 nitrogen and oxygen atoms in total. The van der Waals surface area contributed by atoms with E-state index in [2.05, 4.69) is 0 Å². The first kappa shape index (κ1) is 23.2. The van der Waals surface area contributed by atoms with Gasteiger partial charge in [-0.15, -0.1) is 0 Å². The van der Waals surface area contributed by atoms with E-state index in [1.807, 2.05) is 35.0 Å². The molecule has 2 amide bonds. The Labute approximate surface area is 210 Å². The topological polar surface area (TPSA) is 51.5 Å². The second kappa shape index (κ2) is 9.98. The van der Waals surface area contributed by atoms with E-state index in [1.165, 1.54) is 11.0 Å². The normalized spacial score (nSPS) is 14.9. The highest BCUT2D eigenvalue weighted by atomic mass is 35.5. The Kier molecular flexibility index (Phi) is 6.61. The summed E-state index contributed by atoms with van der Waals surface area (Å²) in [6.45, 7) is 0.666. The van der Waals surface area contributed by atoms with E-state index in [0.717, 1.165) is 28.2 Å². The van der Waals surface area contributed by atoms with Gasteiger partial charge in [0.15, 0.2) is 0 Å². The quantitative estimate of drug-likeness (QED) is 0.265. The fraction of sp³-hybridized carbons (Fsp3) is 0.111. The summed E-state index contributed by atoms with van der Waals surface area (Å²) in [7, 11) is 0. The molecule has 8 heteroatoms. The largest absolute Gasteiger partial charge is 0.492 e. The maximum atomic E-state index is 14.2. The first-order chi connectivity index (χ1) is 17.0. The minimum Gasteiger partial charge on any atom is -0.492 e. The molecule has 2 heterocycles. The molecule has 0 saturated carbocycles. The van der Waals surface area contributed by atoms with Gasteiger partial charge < -0.3 is 9.30 Å². The van der Waals surface area contributed by atoms with Crippen molar-refractivity contribution in [3.8, 4) is 5.75 Å². The second-order valence-electron chi connectivity index (χ2n) is 7.96. The van der Waals surface area contributed by atoms with Gasteiger partial charge in [0, 0.05) is 33.2 Å². The molecule has 176 valence electrons. The molecule has 0 N–H and O–H groups in total. The average Bonchev–Trinajstić information content (AvgIpc) is 3.33. The third kappa shape index (κ3) is 4.97. The van der Waals surface area contributed by atoms with Crippen LogP contribution in [0.15, 0.2) is 83.9 Å². The number of para-hydroxylation sites is 1. The van der Waals surface area contributed by atoms with Crippen molar-refractivity contribution in [1.29, 1.82) is 0 Å². The number of ether oxygens (including phenoxy) is 1. The number of halogens is 2. The van der Waals surface area contributed by atoms with Crippen molar-refractivity contribution in [2.24, 2.45) is 0 Å². The number of amides is 2. The highest BCUT2D eigenvalue weighted by molar-refractivity contribution is 8.18. The van der Waals surface area contributed by atoms with Crippen molar-refractivity contribution in [3.05, 3.63) is 106 Å². The van der Waals surface area contributed by atoms with E-state index in [0.29, 0.717) is 27.8 Å². The van der Waals surface area contributed by atoms with Crippen LogP contribution >= 0.6 is 23.4 Å². The van der Waals surface area contributed by atoms with Crippen molar-refractivity contribution < 1.29 is 18.7 Å². The van der Waals surface area contributed by atoms with E-state index in [4.69, 9.17) is 16.3 Å².